The maximum absolute atomic E-state index is 11.9. The number of carbonyl (C=O) groups is 1. The van der Waals surface area contributed by atoms with Crippen molar-refractivity contribution in [2.24, 2.45) is 0 Å². The van der Waals surface area contributed by atoms with Gasteiger partial charge in [0.2, 0.25) is 5.91 Å². The zero-order valence-electron chi connectivity index (χ0n) is 12.9. The summed E-state index contributed by atoms with van der Waals surface area (Å²) in [4.78, 5) is 16.1. The summed E-state index contributed by atoms with van der Waals surface area (Å²) in [6.45, 7) is 4.49. The van der Waals surface area contributed by atoms with E-state index in [9.17, 15) is 4.79 Å². The highest BCUT2D eigenvalue weighted by Gasteiger charge is 2.19. The molecule has 7 heteroatoms. The summed E-state index contributed by atoms with van der Waals surface area (Å²) < 4.78 is 0. The fourth-order valence-corrected chi connectivity index (χ4v) is 2.29. The highest BCUT2D eigenvalue weighted by atomic mass is 35.5. The fourth-order valence-electron chi connectivity index (χ4n) is 2.29. The Kier molecular flexibility index (Phi) is 11.0. The summed E-state index contributed by atoms with van der Waals surface area (Å²) in [6, 6.07) is 4.02. The van der Waals surface area contributed by atoms with Crippen LogP contribution < -0.4 is 16.0 Å². The third-order valence-electron chi connectivity index (χ3n) is 3.50. The van der Waals surface area contributed by atoms with Crippen molar-refractivity contribution in [1.82, 2.24) is 15.6 Å². The molecule has 1 aromatic heterocycles. The lowest BCUT2D eigenvalue weighted by Crippen LogP contribution is -2.46. The van der Waals surface area contributed by atoms with E-state index in [1.54, 1.807) is 0 Å². The van der Waals surface area contributed by atoms with Crippen LogP contribution in [0, 0.1) is 6.92 Å². The van der Waals surface area contributed by atoms with Gasteiger partial charge in [-0.1, -0.05) is 12.5 Å². The molecular formula is C15H26Cl2N4O. The second-order valence-electron chi connectivity index (χ2n) is 5.29. The van der Waals surface area contributed by atoms with Gasteiger partial charge in [0.15, 0.2) is 0 Å². The second-order valence-corrected chi connectivity index (χ2v) is 5.29. The Hall–Kier alpha value is -1.04. The van der Waals surface area contributed by atoms with E-state index in [-0.39, 0.29) is 36.8 Å². The molecule has 0 aliphatic carbocycles. The highest BCUT2D eigenvalue weighted by molar-refractivity contribution is 5.85. The molecule has 5 nitrogen and oxygen atoms in total. The van der Waals surface area contributed by atoms with Crippen LogP contribution >= 0.6 is 24.8 Å². The van der Waals surface area contributed by atoms with Gasteiger partial charge in [-0.05, 0) is 44.4 Å². The minimum atomic E-state index is 0. The van der Waals surface area contributed by atoms with Gasteiger partial charge in [-0.2, -0.15) is 0 Å². The molecule has 0 unspecified atom stereocenters. The molecule has 22 heavy (non-hydrogen) atoms. The van der Waals surface area contributed by atoms with Crippen molar-refractivity contribution in [1.29, 1.82) is 0 Å². The molecule has 1 atom stereocenters. The Bertz CT molecular complexity index is 422. The van der Waals surface area contributed by atoms with Crippen molar-refractivity contribution >= 4 is 36.5 Å². The van der Waals surface area contributed by atoms with Crippen molar-refractivity contribution in [3.63, 3.8) is 0 Å². The molecule has 1 aliphatic heterocycles. The van der Waals surface area contributed by atoms with Crippen LogP contribution in [0.4, 0.5) is 5.82 Å². The van der Waals surface area contributed by atoms with Gasteiger partial charge in [0.25, 0.3) is 0 Å². The molecule has 1 aliphatic rings. The molecule has 0 radical (unpaired) electrons. The summed E-state index contributed by atoms with van der Waals surface area (Å²) in [5.41, 5.74) is 1.16. The molecule has 0 saturated carbocycles. The number of pyridine rings is 1. The third-order valence-corrected chi connectivity index (χ3v) is 3.50. The van der Waals surface area contributed by atoms with E-state index in [4.69, 9.17) is 0 Å². The van der Waals surface area contributed by atoms with Crippen LogP contribution in [0.3, 0.4) is 0 Å². The van der Waals surface area contributed by atoms with Gasteiger partial charge >= 0.3 is 0 Å². The minimum Gasteiger partial charge on any atom is -0.370 e. The first-order valence-electron chi connectivity index (χ1n) is 7.43. The van der Waals surface area contributed by atoms with Crippen molar-refractivity contribution in [3.05, 3.63) is 23.9 Å². The molecular weight excluding hydrogens is 323 g/mol. The van der Waals surface area contributed by atoms with Crippen LogP contribution in [-0.2, 0) is 4.79 Å². The smallest absolute Gasteiger partial charge is 0.237 e. The predicted molar refractivity (Wildman–Crippen MR) is 95.2 cm³/mol. The highest BCUT2D eigenvalue weighted by Crippen LogP contribution is 2.06. The van der Waals surface area contributed by atoms with E-state index in [1.807, 2.05) is 25.3 Å². The van der Waals surface area contributed by atoms with E-state index in [0.29, 0.717) is 6.54 Å². The first-order valence-corrected chi connectivity index (χ1v) is 7.43. The Morgan fingerprint density at radius 2 is 2.14 bits per heavy atom. The Morgan fingerprint density at radius 1 is 1.32 bits per heavy atom. The van der Waals surface area contributed by atoms with Crippen LogP contribution in [0.2, 0.25) is 0 Å². The summed E-state index contributed by atoms with van der Waals surface area (Å²) >= 11 is 0. The number of carbonyl (C=O) groups excluding carboxylic acids is 1. The van der Waals surface area contributed by atoms with E-state index >= 15 is 0 Å². The largest absolute Gasteiger partial charge is 0.370 e. The summed E-state index contributed by atoms with van der Waals surface area (Å²) in [5, 5.41) is 9.49. The number of piperidine rings is 1. The van der Waals surface area contributed by atoms with Crippen LogP contribution in [0.15, 0.2) is 18.3 Å². The maximum Gasteiger partial charge on any atom is 0.237 e. The normalized spacial score (nSPS) is 16.9. The average Bonchev–Trinajstić information content (AvgIpc) is 2.49. The van der Waals surface area contributed by atoms with Crippen molar-refractivity contribution in [2.45, 2.75) is 38.6 Å². The number of aryl methyl sites for hydroxylation is 1. The number of hydrogen-bond donors (Lipinski definition) is 3. The number of rotatable bonds is 6. The molecule has 1 saturated heterocycles. The van der Waals surface area contributed by atoms with E-state index in [0.717, 1.165) is 43.7 Å². The Labute approximate surface area is 144 Å². The summed E-state index contributed by atoms with van der Waals surface area (Å²) in [7, 11) is 0. The zero-order chi connectivity index (χ0) is 14.2. The Morgan fingerprint density at radius 3 is 2.77 bits per heavy atom. The molecule has 1 aromatic rings. The van der Waals surface area contributed by atoms with Crippen LogP contribution in [0.25, 0.3) is 0 Å². The first-order chi connectivity index (χ1) is 9.75. The topological polar surface area (TPSA) is 66.0 Å². The average molecular weight is 349 g/mol. The quantitative estimate of drug-likeness (QED) is 0.690. The molecule has 0 spiro atoms. The molecule has 126 valence electrons. The van der Waals surface area contributed by atoms with Gasteiger partial charge in [-0.3, -0.25) is 4.79 Å². The minimum absolute atomic E-state index is 0. The number of nitrogens with zero attached hydrogens (tertiary/aromatic N) is 1. The molecule has 3 N–H and O–H groups in total. The van der Waals surface area contributed by atoms with Crippen LogP contribution in [0.5, 0.6) is 0 Å². The number of hydrogen-bond acceptors (Lipinski definition) is 4. The van der Waals surface area contributed by atoms with Crippen molar-refractivity contribution in [3.8, 4) is 0 Å². The molecule has 2 heterocycles. The van der Waals surface area contributed by atoms with E-state index in [1.165, 1.54) is 6.42 Å². The number of aromatic nitrogens is 1. The lowest BCUT2D eigenvalue weighted by Gasteiger charge is -2.22. The zero-order valence-corrected chi connectivity index (χ0v) is 14.6. The fraction of sp³-hybridized carbons (Fsp3) is 0.600. The number of anilines is 1. The molecule has 1 amide bonds. The number of nitrogens with one attached hydrogen (secondary N) is 3. The molecule has 1 fully saturated rings. The van der Waals surface area contributed by atoms with Gasteiger partial charge in [0.05, 0.1) is 6.04 Å². The van der Waals surface area contributed by atoms with Crippen molar-refractivity contribution in [2.75, 3.05) is 25.0 Å². The predicted octanol–water partition coefficient (Wildman–Crippen LogP) is 2.29. The second kappa shape index (κ2) is 11.5. The Balaban J connectivity index is 0.00000220. The summed E-state index contributed by atoms with van der Waals surface area (Å²) in [6.07, 6.45) is 6.02. The van der Waals surface area contributed by atoms with Crippen LogP contribution in [0.1, 0.15) is 31.2 Å². The molecule has 0 bridgehead atoms. The third kappa shape index (κ3) is 7.29. The van der Waals surface area contributed by atoms with Crippen molar-refractivity contribution < 1.29 is 4.79 Å². The first kappa shape index (κ1) is 21.0. The van der Waals surface area contributed by atoms with Crippen LogP contribution in [-0.4, -0.2) is 36.6 Å². The van der Waals surface area contributed by atoms with Gasteiger partial charge in [0.1, 0.15) is 5.82 Å². The van der Waals surface area contributed by atoms with Gasteiger partial charge in [0, 0.05) is 19.3 Å². The lowest BCUT2D eigenvalue weighted by atomic mass is 10.0. The standard InChI is InChI=1S/C15H24N4O.2ClH/c1-12-6-7-14(19-11-12)17-9-4-10-18-15(20)13-5-2-3-8-16-13;;/h6-7,11,13,16H,2-5,8-10H2,1H3,(H,17,19)(H,18,20);2*1H/t13-;;/m1../s1. The summed E-state index contributed by atoms with van der Waals surface area (Å²) in [5.74, 6) is 1.02. The van der Waals surface area contributed by atoms with Gasteiger partial charge in [-0.15, -0.1) is 24.8 Å². The lowest BCUT2D eigenvalue weighted by molar-refractivity contribution is -0.123. The number of amides is 1. The van der Waals surface area contributed by atoms with Gasteiger partial charge < -0.3 is 16.0 Å². The molecule has 2 rings (SSSR count). The van der Waals surface area contributed by atoms with Gasteiger partial charge in [-0.25, -0.2) is 4.98 Å². The van der Waals surface area contributed by atoms with E-state index in [2.05, 4.69) is 20.9 Å². The monoisotopic (exact) mass is 348 g/mol. The molecule has 0 aromatic carbocycles. The maximum atomic E-state index is 11.9. The number of halogens is 2. The SMILES string of the molecule is Cc1ccc(NCCCNC(=O)[C@H]2CCCCN2)nc1.Cl.Cl. The van der Waals surface area contributed by atoms with E-state index < -0.39 is 0 Å².